The number of carbonyl (C=O) groups excluding carboxylic acids is 1. The van der Waals surface area contributed by atoms with Crippen molar-refractivity contribution in [2.75, 3.05) is 6.61 Å². The lowest BCUT2D eigenvalue weighted by Crippen LogP contribution is -2.08. The predicted molar refractivity (Wildman–Crippen MR) is 61.5 cm³/mol. The molecule has 0 saturated carbocycles. The third-order valence-corrected chi connectivity index (χ3v) is 2.64. The topological polar surface area (TPSA) is 50.1 Å². The van der Waals surface area contributed by atoms with Crippen LogP contribution in [0.15, 0.2) is 12.1 Å². The second-order valence-electron chi connectivity index (χ2n) is 3.14. The van der Waals surface area contributed by atoms with Gasteiger partial charge in [-0.2, -0.15) is 5.26 Å². The summed E-state index contributed by atoms with van der Waals surface area (Å²) in [5, 5.41) is 9.16. The van der Waals surface area contributed by atoms with Gasteiger partial charge in [-0.1, -0.05) is 18.5 Å². The molecule has 0 heterocycles. The molecule has 0 saturated heterocycles. The summed E-state index contributed by atoms with van der Waals surface area (Å²) in [4.78, 5) is 11.6. The molecule has 3 nitrogen and oxygen atoms in total. The van der Waals surface area contributed by atoms with Crippen LogP contribution in [-0.4, -0.2) is 12.6 Å². The van der Waals surface area contributed by atoms with E-state index in [-0.39, 0.29) is 0 Å². The molecule has 0 aliphatic rings. The Bertz CT molecular complexity index is 449. The zero-order chi connectivity index (χ0) is 12.1. The molecular weight excluding hydrogens is 226 g/mol. The van der Waals surface area contributed by atoms with Crippen LogP contribution in [0.1, 0.15) is 35.3 Å². The van der Waals surface area contributed by atoms with Crippen molar-refractivity contribution in [3.63, 3.8) is 0 Å². The first-order chi connectivity index (χ1) is 7.65. The highest BCUT2D eigenvalue weighted by atomic mass is 35.5. The fraction of sp³-hybridized carbons (Fsp3) is 0.333. The van der Waals surface area contributed by atoms with E-state index in [1.54, 1.807) is 13.0 Å². The van der Waals surface area contributed by atoms with E-state index in [2.05, 4.69) is 0 Å². The second kappa shape index (κ2) is 5.53. The summed E-state index contributed by atoms with van der Waals surface area (Å²) < 4.78 is 4.92. The monoisotopic (exact) mass is 237 g/mol. The van der Waals surface area contributed by atoms with E-state index < -0.39 is 5.97 Å². The maximum atomic E-state index is 11.6. The lowest BCUT2D eigenvalue weighted by molar-refractivity contribution is 0.0525. The molecule has 0 fully saturated rings. The van der Waals surface area contributed by atoms with Gasteiger partial charge in [0.05, 0.1) is 22.8 Å². The average Bonchev–Trinajstić information content (AvgIpc) is 2.28. The van der Waals surface area contributed by atoms with Gasteiger partial charge in [0.1, 0.15) is 6.07 Å². The first kappa shape index (κ1) is 12.5. The number of nitriles is 1. The van der Waals surface area contributed by atoms with Crippen molar-refractivity contribution in [3.05, 3.63) is 33.8 Å². The largest absolute Gasteiger partial charge is 0.462 e. The number of nitrogens with zero attached hydrogens (tertiary/aromatic N) is 1. The minimum atomic E-state index is -0.397. The summed E-state index contributed by atoms with van der Waals surface area (Å²) in [7, 11) is 0. The summed E-state index contributed by atoms with van der Waals surface area (Å²) in [6.07, 6.45) is 0.586. The predicted octanol–water partition coefficient (Wildman–Crippen LogP) is 2.95. The number of ether oxygens (including phenoxy) is 1. The molecule has 0 spiro atoms. The van der Waals surface area contributed by atoms with E-state index in [9.17, 15) is 4.79 Å². The maximum Gasteiger partial charge on any atom is 0.338 e. The molecular formula is C12H12ClNO2. The van der Waals surface area contributed by atoms with Gasteiger partial charge in [0.2, 0.25) is 0 Å². The van der Waals surface area contributed by atoms with Gasteiger partial charge >= 0.3 is 5.97 Å². The number of hydrogen-bond donors (Lipinski definition) is 0. The number of esters is 1. The molecule has 0 aliphatic heterocycles. The lowest BCUT2D eigenvalue weighted by Gasteiger charge is -2.09. The van der Waals surface area contributed by atoms with E-state index in [0.29, 0.717) is 34.7 Å². The van der Waals surface area contributed by atoms with Gasteiger partial charge in [0.15, 0.2) is 0 Å². The number of hydrogen-bond acceptors (Lipinski definition) is 3. The van der Waals surface area contributed by atoms with E-state index in [0.717, 1.165) is 0 Å². The zero-order valence-corrected chi connectivity index (χ0v) is 9.97. The number of halogens is 1. The van der Waals surface area contributed by atoms with Crippen molar-refractivity contribution < 1.29 is 9.53 Å². The molecule has 1 aromatic rings. The smallest absolute Gasteiger partial charge is 0.338 e. The Morgan fingerprint density at radius 3 is 2.69 bits per heavy atom. The highest BCUT2D eigenvalue weighted by molar-refractivity contribution is 6.33. The molecule has 0 N–H and O–H groups in total. The highest BCUT2D eigenvalue weighted by Gasteiger charge is 2.16. The van der Waals surface area contributed by atoms with Crippen molar-refractivity contribution in [1.82, 2.24) is 0 Å². The number of carbonyl (C=O) groups is 1. The fourth-order valence-corrected chi connectivity index (χ4v) is 1.79. The second-order valence-corrected chi connectivity index (χ2v) is 3.52. The number of rotatable bonds is 3. The van der Waals surface area contributed by atoms with Crippen LogP contribution in [0.25, 0.3) is 0 Å². The van der Waals surface area contributed by atoms with Gasteiger partial charge in [-0.15, -0.1) is 0 Å². The van der Waals surface area contributed by atoms with Crippen LogP contribution >= 0.6 is 11.6 Å². The molecule has 0 amide bonds. The van der Waals surface area contributed by atoms with E-state index in [1.165, 1.54) is 6.07 Å². The van der Waals surface area contributed by atoms with Crippen molar-refractivity contribution in [2.45, 2.75) is 20.3 Å². The summed E-state index contributed by atoms with van der Waals surface area (Å²) in [5.41, 5.74) is 1.49. The van der Waals surface area contributed by atoms with Crippen LogP contribution in [0.5, 0.6) is 0 Å². The van der Waals surface area contributed by atoms with Crippen LogP contribution < -0.4 is 0 Å². The Hall–Kier alpha value is -1.53. The standard InChI is InChI=1S/C12H12ClNO2/c1-3-9-10(12(15)16-4-2)6-5-8(7-14)11(9)13/h5-6H,3-4H2,1-2H3. The van der Waals surface area contributed by atoms with E-state index >= 15 is 0 Å². The molecule has 16 heavy (non-hydrogen) atoms. The first-order valence-corrected chi connectivity index (χ1v) is 5.42. The van der Waals surface area contributed by atoms with Crippen LogP contribution in [0.4, 0.5) is 0 Å². The molecule has 0 radical (unpaired) electrons. The molecule has 1 rings (SSSR count). The Labute approximate surface area is 99.6 Å². The molecule has 84 valence electrons. The average molecular weight is 238 g/mol. The van der Waals surface area contributed by atoms with Crippen molar-refractivity contribution in [2.24, 2.45) is 0 Å². The Morgan fingerprint density at radius 1 is 1.50 bits per heavy atom. The molecule has 0 unspecified atom stereocenters. The molecule has 0 aliphatic carbocycles. The minimum Gasteiger partial charge on any atom is -0.462 e. The quantitative estimate of drug-likeness (QED) is 0.760. The maximum absolute atomic E-state index is 11.6. The Morgan fingerprint density at radius 2 is 2.19 bits per heavy atom. The summed E-state index contributed by atoms with van der Waals surface area (Å²) >= 11 is 6.03. The van der Waals surface area contributed by atoms with Gasteiger partial charge in [-0.3, -0.25) is 0 Å². The van der Waals surface area contributed by atoms with E-state index in [1.807, 2.05) is 13.0 Å². The summed E-state index contributed by atoms with van der Waals surface area (Å²) in [5.74, 6) is -0.397. The molecule has 0 aromatic heterocycles. The third kappa shape index (κ3) is 2.34. The van der Waals surface area contributed by atoms with Gasteiger partial charge < -0.3 is 4.74 Å². The Kier molecular flexibility index (Phi) is 4.33. The fourth-order valence-electron chi connectivity index (χ4n) is 1.45. The van der Waals surface area contributed by atoms with Crippen molar-refractivity contribution >= 4 is 17.6 Å². The molecule has 0 bridgehead atoms. The molecule has 4 heteroatoms. The Balaban J connectivity index is 3.27. The molecule has 0 atom stereocenters. The zero-order valence-electron chi connectivity index (χ0n) is 9.21. The first-order valence-electron chi connectivity index (χ1n) is 5.04. The van der Waals surface area contributed by atoms with Gasteiger partial charge in [0.25, 0.3) is 0 Å². The van der Waals surface area contributed by atoms with Crippen LogP contribution in [0, 0.1) is 11.3 Å². The third-order valence-electron chi connectivity index (χ3n) is 2.21. The van der Waals surface area contributed by atoms with Crippen molar-refractivity contribution in [1.29, 1.82) is 5.26 Å². The molecule has 1 aromatic carbocycles. The SMILES string of the molecule is CCOC(=O)c1ccc(C#N)c(Cl)c1CC. The normalized spacial score (nSPS) is 9.62. The van der Waals surface area contributed by atoms with Crippen LogP contribution in [-0.2, 0) is 11.2 Å². The van der Waals surface area contributed by atoms with Gasteiger partial charge in [-0.05, 0) is 31.0 Å². The summed E-state index contributed by atoms with van der Waals surface area (Å²) in [6.45, 7) is 3.94. The van der Waals surface area contributed by atoms with Crippen LogP contribution in [0.3, 0.4) is 0 Å². The lowest BCUT2D eigenvalue weighted by atomic mass is 10.0. The van der Waals surface area contributed by atoms with Crippen LogP contribution in [0.2, 0.25) is 5.02 Å². The van der Waals surface area contributed by atoms with E-state index in [4.69, 9.17) is 21.6 Å². The minimum absolute atomic E-state index is 0.319. The van der Waals surface area contributed by atoms with Gasteiger partial charge in [-0.25, -0.2) is 4.79 Å². The summed E-state index contributed by atoms with van der Waals surface area (Å²) in [6, 6.07) is 5.10. The highest BCUT2D eigenvalue weighted by Crippen LogP contribution is 2.25. The van der Waals surface area contributed by atoms with Gasteiger partial charge in [0, 0.05) is 0 Å². The number of benzene rings is 1. The van der Waals surface area contributed by atoms with Crippen molar-refractivity contribution in [3.8, 4) is 6.07 Å².